The fraction of sp³-hybridized carbons (Fsp3) is 0.667. The summed E-state index contributed by atoms with van der Waals surface area (Å²) >= 11 is 0. The molecule has 0 fully saturated rings. The zero-order chi connectivity index (χ0) is 7.70. The van der Waals surface area contributed by atoms with Crippen LogP contribution in [0.2, 0.25) is 0 Å². The molecule has 0 unspecified atom stereocenters. The number of hydrogen-bond acceptors (Lipinski definition) is 0. The molecular formula is C6H11F3. The third-order valence-electron chi connectivity index (χ3n) is 0.231. The first-order valence-electron chi connectivity index (χ1n) is 2.76. The van der Waals surface area contributed by atoms with Gasteiger partial charge in [0.15, 0.2) is 0 Å². The van der Waals surface area contributed by atoms with Gasteiger partial charge in [0, 0.05) is 6.08 Å². The normalized spacial score (nSPS) is 7.22. The summed E-state index contributed by atoms with van der Waals surface area (Å²) in [6.07, 6.45) is -0.502. The largest absolute Gasteiger partial charge is 0.268 e. The van der Waals surface area contributed by atoms with Crippen molar-refractivity contribution in [2.45, 2.75) is 20.3 Å². The lowest BCUT2D eigenvalue weighted by Gasteiger charge is -1.68. The van der Waals surface area contributed by atoms with E-state index in [0.29, 0.717) is 0 Å². The highest BCUT2D eigenvalue weighted by Gasteiger charge is 1.80. The number of halogens is 3. The van der Waals surface area contributed by atoms with Crippen molar-refractivity contribution in [3.63, 3.8) is 0 Å². The maximum atomic E-state index is 10.7. The van der Waals surface area contributed by atoms with Gasteiger partial charge in [-0.2, -0.15) is 8.78 Å². The lowest BCUT2D eigenvalue weighted by molar-refractivity contribution is 0.409. The lowest BCUT2D eigenvalue weighted by Crippen LogP contribution is -1.60. The minimum Gasteiger partial charge on any atom is -0.246 e. The van der Waals surface area contributed by atoms with Gasteiger partial charge in [-0.3, -0.25) is 0 Å². The molecule has 0 atom stereocenters. The van der Waals surface area contributed by atoms with Gasteiger partial charge in [0.1, 0.15) is 6.67 Å². The maximum absolute atomic E-state index is 10.7. The Morgan fingerprint density at radius 2 is 1.67 bits per heavy atom. The first kappa shape index (κ1) is 11.3. The van der Waals surface area contributed by atoms with Gasteiger partial charge in [0.05, 0.1) is 0 Å². The molecule has 0 spiro atoms. The van der Waals surface area contributed by atoms with E-state index in [2.05, 4.69) is 13.8 Å². The third kappa shape index (κ3) is 36.0. The van der Waals surface area contributed by atoms with Gasteiger partial charge in [-0.25, -0.2) is 4.39 Å². The Kier molecular flexibility index (Phi) is 13.2. The van der Waals surface area contributed by atoms with Gasteiger partial charge in [0.25, 0.3) is 6.08 Å². The summed E-state index contributed by atoms with van der Waals surface area (Å²) in [4.78, 5) is 0. The van der Waals surface area contributed by atoms with E-state index in [1.807, 2.05) is 0 Å². The average Bonchev–Trinajstić information content (AvgIpc) is 1.67. The fourth-order valence-corrected chi connectivity index (χ4v) is 0.0583. The van der Waals surface area contributed by atoms with Gasteiger partial charge in [0.2, 0.25) is 0 Å². The summed E-state index contributed by atoms with van der Waals surface area (Å²) in [5.74, 6) is 0. The van der Waals surface area contributed by atoms with Crippen LogP contribution in [-0.2, 0) is 0 Å². The molecule has 0 amide bonds. The van der Waals surface area contributed by atoms with Crippen LogP contribution in [0.15, 0.2) is 12.2 Å². The van der Waals surface area contributed by atoms with Gasteiger partial charge in [-0.15, -0.1) is 0 Å². The van der Waals surface area contributed by atoms with Crippen LogP contribution in [0.25, 0.3) is 0 Å². The highest BCUT2D eigenvalue weighted by atomic mass is 19.3. The minimum atomic E-state index is -1.96. The molecular weight excluding hydrogens is 129 g/mol. The molecule has 9 heavy (non-hydrogen) atoms. The number of hydrogen-bond donors (Lipinski definition) is 0. The van der Waals surface area contributed by atoms with Crippen LogP contribution in [0.5, 0.6) is 0 Å². The lowest BCUT2D eigenvalue weighted by atomic mass is 10.6. The Bertz CT molecular complexity index is 64.7. The Labute approximate surface area is 53.4 Å². The topological polar surface area (TPSA) is 0 Å². The summed E-state index contributed by atoms with van der Waals surface area (Å²) in [5, 5.41) is 0. The van der Waals surface area contributed by atoms with Crippen molar-refractivity contribution in [2.75, 3.05) is 6.67 Å². The molecule has 0 bridgehead atoms. The molecule has 0 aliphatic heterocycles. The molecule has 0 aliphatic rings. The van der Waals surface area contributed by atoms with Crippen molar-refractivity contribution in [3.05, 3.63) is 12.2 Å². The van der Waals surface area contributed by atoms with E-state index < -0.39 is 12.8 Å². The van der Waals surface area contributed by atoms with Gasteiger partial charge < -0.3 is 0 Å². The first-order valence-corrected chi connectivity index (χ1v) is 2.76. The summed E-state index contributed by atoms with van der Waals surface area (Å²) in [7, 11) is 0. The SMILES string of the molecule is CCC.FCC=C(F)F. The molecule has 0 N–H and O–H groups in total. The molecule has 0 saturated heterocycles. The summed E-state index contributed by atoms with van der Waals surface area (Å²) < 4.78 is 32.0. The van der Waals surface area contributed by atoms with Crippen LogP contribution in [0.1, 0.15) is 20.3 Å². The number of rotatable bonds is 1. The Balaban J connectivity index is 0. The average molecular weight is 140 g/mol. The second kappa shape index (κ2) is 10.5. The highest BCUT2D eigenvalue weighted by Crippen LogP contribution is 1.93. The molecule has 56 valence electrons. The van der Waals surface area contributed by atoms with Crippen molar-refractivity contribution in [1.29, 1.82) is 0 Å². The quantitative estimate of drug-likeness (QED) is 0.524. The highest BCUT2D eigenvalue weighted by molar-refractivity contribution is 4.78. The van der Waals surface area contributed by atoms with E-state index in [-0.39, 0.29) is 6.08 Å². The van der Waals surface area contributed by atoms with Crippen LogP contribution in [0.3, 0.4) is 0 Å². The molecule has 0 heterocycles. The molecule has 0 aromatic heterocycles. The molecule has 3 heteroatoms. The Hall–Kier alpha value is -0.470. The van der Waals surface area contributed by atoms with E-state index in [1.54, 1.807) is 0 Å². The number of alkyl halides is 1. The summed E-state index contributed by atoms with van der Waals surface area (Å²) in [6, 6.07) is 0. The smallest absolute Gasteiger partial charge is 0.246 e. The summed E-state index contributed by atoms with van der Waals surface area (Å²) in [6.45, 7) is 3.17. The van der Waals surface area contributed by atoms with Crippen molar-refractivity contribution >= 4 is 0 Å². The van der Waals surface area contributed by atoms with Crippen LogP contribution < -0.4 is 0 Å². The molecule has 0 aromatic rings. The molecule has 0 nitrogen and oxygen atoms in total. The second-order valence-corrected chi connectivity index (χ2v) is 1.36. The molecule has 0 aromatic carbocycles. The van der Waals surface area contributed by atoms with Crippen LogP contribution in [-0.4, -0.2) is 6.67 Å². The van der Waals surface area contributed by atoms with E-state index in [4.69, 9.17) is 0 Å². The van der Waals surface area contributed by atoms with Crippen molar-refractivity contribution in [1.82, 2.24) is 0 Å². The molecule has 0 aliphatic carbocycles. The van der Waals surface area contributed by atoms with Crippen molar-refractivity contribution in [3.8, 4) is 0 Å². The third-order valence-corrected chi connectivity index (χ3v) is 0.231. The van der Waals surface area contributed by atoms with Crippen LogP contribution in [0.4, 0.5) is 13.2 Å². The predicted octanol–water partition coefficient (Wildman–Crippen LogP) is 3.15. The minimum absolute atomic E-state index is 0.208. The molecule has 0 rings (SSSR count). The zero-order valence-corrected chi connectivity index (χ0v) is 5.63. The van der Waals surface area contributed by atoms with Gasteiger partial charge in [-0.05, 0) is 0 Å². The van der Waals surface area contributed by atoms with Crippen LogP contribution in [0, 0.1) is 0 Å². The van der Waals surface area contributed by atoms with Crippen LogP contribution >= 0.6 is 0 Å². The first-order chi connectivity index (χ1) is 4.18. The standard InChI is InChI=1S/C3H3F3.C3H8/c4-2-1-3(5)6;1-3-2/h1H,2H2;3H2,1-2H3. The van der Waals surface area contributed by atoms with Gasteiger partial charge >= 0.3 is 0 Å². The predicted molar refractivity (Wildman–Crippen MR) is 32.2 cm³/mol. The van der Waals surface area contributed by atoms with Crippen molar-refractivity contribution < 1.29 is 13.2 Å². The monoisotopic (exact) mass is 140 g/mol. The zero-order valence-electron chi connectivity index (χ0n) is 5.63. The van der Waals surface area contributed by atoms with E-state index in [1.165, 1.54) is 6.42 Å². The van der Waals surface area contributed by atoms with Gasteiger partial charge in [-0.1, -0.05) is 20.3 Å². The Morgan fingerprint density at radius 3 is 1.67 bits per heavy atom. The fourth-order valence-electron chi connectivity index (χ4n) is 0.0583. The molecule has 0 saturated carbocycles. The van der Waals surface area contributed by atoms with E-state index in [9.17, 15) is 13.2 Å². The number of allylic oxidation sites excluding steroid dienone is 1. The molecule has 0 radical (unpaired) electrons. The van der Waals surface area contributed by atoms with Crippen molar-refractivity contribution in [2.24, 2.45) is 0 Å². The second-order valence-electron chi connectivity index (χ2n) is 1.36. The van der Waals surface area contributed by atoms with E-state index >= 15 is 0 Å². The summed E-state index contributed by atoms with van der Waals surface area (Å²) in [5.41, 5.74) is 0. The Morgan fingerprint density at radius 1 is 1.33 bits per heavy atom. The maximum Gasteiger partial charge on any atom is 0.268 e. The van der Waals surface area contributed by atoms with E-state index in [0.717, 1.165) is 0 Å².